The van der Waals surface area contributed by atoms with Crippen molar-refractivity contribution < 1.29 is 9.32 Å². The second-order valence-corrected chi connectivity index (χ2v) is 6.90. The number of anilines is 1. The topological polar surface area (TPSA) is 49.6 Å². The molecule has 1 saturated heterocycles. The number of rotatable bonds is 3. The average Bonchev–Trinajstić information content (AvgIpc) is 3.05. The lowest BCUT2D eigenvalue weighted by Gasteiger charge is -2.40. The van der Waals surface area contributed by atoms with E-state index in [0.29, 0.717) is 12.3 Å². The van der Waals surface area contributed by atoms with Crippen molar-refractivity contribution in [3.05, 3.63) is 47.3 Å². The van der Waals surface area contributed by atoms with E-state index in [1.54, 1.807) is 6.07 Å². The first-order valence-corrected chi connectivity index (χ1v) is 8.55. The molecule has 0 N–H and O–H groups in total. The van der Waals surface area contributed by atoms with Crippen molar-refractivity contribution in [1.82, 2.24) is 10.1 Å². The molecule has 0 bridgehead atoms. The third-order valence-electron chi connectivity index (χ3n) is 4.62. The number of carbonyl (C=O) groups is 1. The summed E-state index contributed by atoms with van der Waals surface area (Å²) in [4.78, 5) is 16.9. The minimum absolute atomic E-state index is 0.0644. The largest absolute Gasteiger partial charge is 0.368 e. The minimum atomic E-state index is -0.0644. The van der Waals surface area contributed by atoms with Gasteiger partial charge in [0, 0.05) is 37.4 Å². The van der Waals surface area contributed by atoms with E-state index in [1.807, 2.05) is 18.7 Å². The molecule has 2 aromatic rings. The molecule has 1 atom stereocenters. The van der Waals surface area contributed by atoms with Gasteiger partial charge in [-0.1, -0.05) is 36.7 Å². The first kappa shape index (κ1) is 16.6. The quantitative estimate of drug-likeness (QED) is 0.866. The van der Waals surface area contributed by atoms with Crippen LogP contribution in [0.25, 0.3) is 0 Å². The summed E-state index contributed by atoms with van der Waals surface area (Å²) in [5.74, 6) is 0.533. The highest BCUT2D eigenvalue weighted by Gasteiger charge is 2.30. The Morgan fingerprint density at radius 3 is 2.54 bits per heavy atom. The molecule has 5 nitrogen and oxygen atoms in total. The van der Waals surface area contributed by atoms with Crippen molar-refractivity contribution in [2.24, 2.45) is 0 Å². The molecule has 1 amide bonds. The zero-order chi connectivity index (χ0) is 17.3. The number of aromatic nitrogens is 1. The fraction of sp³-hybridized carbons (Fsp3) is 0.474. The van der Waals surface area contributed by atoms with E-state index in [-0.39, 0.29) is 17.9 Å². The number of carbonyl (C=O) groups excluding carboxylic acids is 1. The molecule has 2 heterocycles. The number of hydrogen-bond acceptors (Lipinski definition) is 4. The molecule has 0 aliphatic carbocycles. The third kappa shape index (κ3) is 3.30. The van der Waals surface area contributed by atoms with Crippen LogP contribution in [0.15, 0.2) is 34.9 Å². The molecular weight excluding hydrogens is 302 g/mol. The van der Waals surface area contributed by atoms with Gasteiger partial charge in [0.15, 0.2) is 0 Å². The SMILES string of the molecule is Cc1ccc(N2CCN(C(=O)c3cc(C(C)C)no3)[C@@H](C)C2)cc1. The Morgan fingerprint density at radius 2 is 1.96 bits per heavy atom. The van der Waals surface area contributed by atoms with Gasteiger partial charge in [-0.05, 0) is 31.9 Å². The van der Waals surface area contributed by atoms with Crippen LogP contribution < -0.4 is 4.90 Å². The van der Waals surface area contributed by atoms with Crippen molar-refractivity contribution in [2.45, 2.75) is 39.7 Å². The summed E-state index contributed by atoms with van der Waals surface area (Å²) in [6.07, 6.45) is 0. The number of aryl methyl sites for hydroxylation is 1. The molecule has 24 heavy (non-hydrogen) atoms. The fourth-order valence-electron chi connectivity index (χ4n) is 3.05. The second-order valence-electron chi connectivity index (χ2n) is 6.90. The van der Waals surface area contributed by atoms with Crippen molar-refractivity contribution >= 4 is 11.6 Å². The monoisotopic (exact) mass is 327 g/mol. The van der Waals surface area contributed by atoms with Gasteiger partial charge in [-0.3, -0.25) is 4.79 Å². The fourth-order valence-corrected chi connectivity index (χ4v) is 3.05. The van der Waals surface area contributed by atoms with Gasteiger partial charge >= 0.3 is 0 Å². The van der Waals surface area contributed by atoms with Crippen LogP contribution in [-0.4, -0.2) is 41.6 Å². The molecule has 1 fully saturated rings. The van der Waals surface area contributed by atoms with E-state index in [0.717, 1.165) is 18.8 Å². The molecule has 0 unspecified atom stereocenters. The van der Waals surface area contributed by atoms with Crippen LogP contribution in [0.3, 0.4) is 0 Å². The van der Waals surface area contributed by atoms with Gasteiger partial charge in [0.05, 0.1) is 5.69 Å². The maximum Gasteiger partial charge on any atom is 0.292 e. The Labute approximate surface area is 143 Å². The average molecular weight is 327 g/mol. The van der Waals surface area contributed by atoms with Gasteiger partial charge in [0.25, 0.3) is 5.91 Å². The van der Waals surface area contributed by atoms with Gasteiger partial charge < -0.3 is 14.3 Å². The van der Waals surface area contributed by atoms with Gasteiger partial charge in [0.1, 0.15) is 0 Å². The van der Waals surface area contributed by atoms with Gasteiger partial charge in [-0.2, -0.15) is 0 Å². The summed E-state index contributed by atoms with van der Waals surface area (Å²) in [7, 11) is 0. The molecule has 1 aromatic heterocycles. The van der Waals surface area contributed by atoms with E-state index in [2.05, 4.69) is 48.2 Å². The molecule has 0 radical (unpaired) electrons. The Kier molecular flexibility index (Phi) is 4.60. The first-order valence-electron chi connectivity index (χ1n) is 8.55. The van der Waals surface area contributed by atoms with Crippen molar-refractivity contribution in [2.75, 3.05) is 24.5 Å². The summed E-state index contributed by atoms with van der Waals surface area (Å²) in [5.41, 5.74) is 3.29. The molecule has 1 aliphatic heterocycles. The minimum Gasteiger partial charge on any atom is -0.368 e. The smallest absolute Gasteiger partial charge is 0.292 e. The highest BCUT2D eigenvalue weighted by atomic mass is 16.5. The van der Waals surface area contributed by atoms with Crippen molar-refractivity contribution in [3.63, 3.8) is 0 Å². The molecule has 0 saturated carbocycles. The Bertz CT molecular complexity index is 706. The molecule has 1 aromatic carbocycles. The predicted molar refractivity (Wildman–Crippen MR) is 94.5 cm³/mol. The van der Waals surface area contributed by atoms with Crippen LogP contribution >= 0.6 is 0 Å². The normalized spacial score (nSPS) is 18.3. The van der Waals surface area contributed by atoms with Crippen LogP contribution in [0.2, 0.25) is 0 Å². The summed E-state index contributed by atoms with van der Waals surface area (Å²) < 4.78 is 5.26. The molecule has 5 heteroatoms. The summed E-state index contributed by atoms with van der Waals surface area (Å²) in [6, 6.07) is 10.4. The predicted octanol–water partition coefficient (Wildman–Crippen LogP) is 3.46. The number of amides is 1. The standard InChI is InChI=1S/C19H25N3O2/c1-13(2)17-11-18(24-20-17)19(23)22-10-9-21(12-15(22)4)16-7-5-14(3)6-8-16/h5-8,11,13,15H,9-10,12H2,1-4H3/t15-/m0/s1. The third-order valence-corrected chi connectivity index (χ3v) is 4.62. The Morgan fingerprint density at radius 1 is 1.25 bits per heavy atom. The van der Waals surface area contributed by atoms with Gasteiger partial charge in [0.2, 0.25) is 5.76 Å². The Balaban J connectivity index is 1.68. The van der Waals surface area contributed by atoms with E-state index >= 15 is 0 Å². The first-order chi connectivity index (χ1) is 11.5. The molecule has 3 rings (SSSR count). The van der Waals surface area contributed by atoms with Gasteiger partial charge in [-0.25, -0.2) is 0 Å². The molecular formula is C19H25N3O2. The lowest BCUT2D eigenvalue weighted by Crippen LogP contribution is -2.54. The van der Waals surface area contributed by atoms with E-state index in [1.165, 1.54) is 11.3 Å². The zero-order valence-corrected chi connectivity index (χ0v) is 14.8. The lowest BCUT2D eigenvalue weighted by molar-refractivity contribution is 0.0631. The Hall–Kier alpha value is -2.30. The van der Waals surface area contributed by atoms with Crippen molar-refractivity contribution in [1.29, 1.82) is 0 Å². The summed E-state index contributed by atoms with van der Waals surface area (Å²) in [6.45, 7) is 10.6. The van der Waals surface area contributed by atoms with Crippen LogP contribution in [-0.2, 0) is 0 Å². The summed E-state index contributed by atoms with van der Waals surface area (Å²) >= 11 is 0. The van der Waals surface area contributed by atoms with Gasteiger partial charge in [-0.15, -0.1) is 0 Å². The van der Waals surface area contributed by atoms with Crippen LogP contribution in [0.1, 0.15) is 48.5 Å². The van der Waals surface area contributed by atoms with Crippen LogP contribution in [0.5, 0.6) is 0 Å². The zero-order valence-electron chi connectivity index (χ0n) is 14.8. The highest BCUT2D eigenvalue weighted by Crippen LogP contribution is 2.22. The van der Waals surface area contributed by atoms with E-state index < -0.39 is 0 Å². The van der Waals surface area contributed by atoms with Crippen LogP contribution in [0, 0.1) is 6.92 Å². The van der Waals surface area contributed by atoms with Crippen molar-refractivity contribution in [3.8, 4) is 0 Å². The highest BCUT2D eigenvalue weighted by molar-refractivity contribution is 5.92. The number of hydrogen-bond donors (Lipinski definition) is 0. The van der Waals surface area contributed by atoms with E-state index in [4.69, 9.17) is 4.52 Å². The number of benzene rings is 1. The summed E-state index contributed by atoms with van der Waals surface area (Å²) in [5, 5.41) is 3.99. The molecule has 1 aliphatic rings. The number of nitrogens with zero attached hydrogens (tertiary/aromatic N) is 3. The molecule has 0 spiro atoms. The maximum absolute atomic E-state index is 12.7. The second kappa shape index (κ2) is 6.67. The van der Waals surface area contributed by atoms with E-state index in [9.17, 15) is 4.79 Å². The lowest BCUT2D eigenvalue weighted by atomic mass is 10.1. The van der Waals surface area contributed by atoms with Crippen LogP contribution in [0.4, 0.5) is 5.69 Å². The molecule has 128 valence electrons. The maximum atomic E-state index is 12.7. The number of piperazine rings is 1.